The minimum Gasteiger partial charge on any atom is -0.489 e. The standard InChI is InChI=1S/C19H27ClN2O5/c1-3-26-12-15(24)11-21-19(25)17-10-14(20)4-5-18(17)27-16-6-8-22(9-7-16)13(2)23/h4-5,10,15-16,24H,3,6-9,11-12H2,1-2H3,(H,21,25)/t15-/m0/s1. The van der Waals surface area contributed by atoms with E-state index < -0.39 is 6.10 Å². The summed E-state index contributed by atoms with van der Waals surface area (Å²) in [6, 6.07) is 4.89. The normalized spacial score (nSPS) is 16.1. The average molecular weight is 399 g/mol. The third kappa shape index (κ3) is 6.68. The number of ether oxygens (including phenoxy) is 2. The number of piperidine rings is 1. The van der Waals surface area contributed by atoms with Gasteiger partial charge in [0.15, 0.2) is 0 Å². The molecule has 0 unspecified atom stereocenters. The number of hydrogen-bond donors (Lipinski definition) is 2. The van der Waals surface area contributed by atoms with Crippen molar-refractivity contribution >= 4 is 23.4 Å². The van der Waals surface area contributed by atoms with Gasteiger partial charge in [-0.3, -0.25) is 9.59 Å². The summed E-state index contributed by atoms with van der Waals surface area (Å²) < 4.78 is 11.1. The van der Waals surface area contributed by atoms with Crippen molar-refractivity contribution in [2.24, 2.45) is 0 Å². The highest BCUT2D eigenvalue weighted by molar-refractivity contribution is 6.31. The molecular formula is C19H27ClN2O5. The lowest BCUT2D eigenvalue weighted by Gasteiger charge is -2.31. The van der Waals surface area contributed by atoms with Crippen molar-refractivity contribution in [3.05, 3.63) is 28.8 Å². The third-order valence-corrected chi connectivity index (χ3v) is 4.61. The van der Waals surface area contributed by atoms with Gasteiger partial charge in [0, 0.05) is 51.0 Å². The Balaban J connectivity index is 1.97. The monoisotopic (exact) mass is 398 g/mol. The molecule has 0 saturated carbocycles. The van der Waals surface area contributed by atoms with Gasteiger partial charge in [-0.15, -0.1) is 0 Å². The maximum atomic E-state index is 12.5. The Morgan fingerprint density at radius 3 is 2.70 bits per heavy atom. The van der Waals surface area contributed by atoms with Crippen molar-refractivity contribution in [2.75, 3.05) is 32.8 Å². The quantitative estimate of drug-likeness (QED) is 0.697. The van der Waals surface area contributed by atoms with E-state index >= 15 is 0 Å². The second-order valence-electron chi connectivity index (χ2n) is 6.49. The molecule has 1 saturated heterocycles. The smallest absolute Gasteiger partial charge is 0.255 e. The molecule has 1 atom stereocenters. The van der Waals surface area contributed by atoms with E-state index in [2.05, 4.69) is 5.32 Å². The molecule has 1 aliphatic heterocycles. The largest absolute Gasteiger partial charge is 0.489 e. The fourth-order valence-corrected chi connectivity index (χ4v) is 3.04. The van der Waals surface area contributed by atoms with E-state index in [-0.39, 0.29) is 31.1 Å². The van der Waals surface area contributed by atoms with Crippen LogP contribution in [0.4, 0.5) is 0 Å². The van der Waals surface area contributed by atoms with Crippen LogP contribution < -0.4 is 10.1 Å². The fraction of sp³-hybridized carbons (Fsp3) is 0.579. The van der Waals surface area contributed by atoms with E-state index in [1.165, 1.54) is 0 Å². The SMILES string of the molecule is CCOC[C@@H](O)CNC(=O)c1cc(Cl)ccc1OC1CCN(C(C)=O)CC1. The lowest BCUT2D eigenvalue weighted by atomic mass is 10.1. The Hall–Kier alpha value is -1.83. The zero-order valence-electron chi connectivity index (χ0n) is 15.7. The predicted octanol–water partition coefficient (Wildman–Crippen LogP) is 1.86. The number of nitrogens with one attached hydrogen (secondary N) is 1. The molecule has 1 aliphatic rings. The molecule has 150 valence electrons. The van der Waals surface area contributed by atoms with Crippen molar-refractivity contribution in [1.82, 2.24) is 10.2 Å². The molecule has 1 fully saturated rings. The van der Waals surface area contributed by atoms with Crippen LogP contribution in [0.3, 0.4) is 0 Å². The van der Waals surface area contributed by atoms with Crippen LogP contribution in [0.5, 0.6) is 5.75 Å². The lowest BCUT2D eigenvalue weighted by molar-refractivity contribution is -0.130. The Labute approximate surface area is 164 Å². The van der Waals surface area contributed by atoms with Gasteiger partial charge < -0.3 is 24.8 Å². The summed E-state index contributed by atoms with van der Waals surface area (Å²) in [5.74, 6) is 0.132. The first kappa shape index (κ1) is 21.5. The summed E-state index contributed by atoms with van der Waals surface area (Å²) in [4.78, 5) is 25.7. The summed E-state index contributed by atoms with van der Waals surface area (Å²) in [6.45, 7) is 5.40. The number of aliphatic hydroxyl groups excluding tert-OH is 1. The van der Waals surface area contributed by atoms with Crippen LogP contribution in [-0.4, -0.2) is 66.9 Å². The minimum absolute atomic E-state index is 0.0608. The average Bonchev–Trinajstić information content (AvgIpc) is 2.66. The summed E-state index contributed by atoms with van der Waals surface area (Å²) in [6.07, 6.45) is 0.553. The highest BCUT2D eigenvalue weighted by atomic mass is 35.5. The number of carbonyl (C=O) groups excluding carboxylic acids is 2. The van der Waals surface area contributed by atoms with E-state index in [0.29, 0.717) is 48.9 Å². The number of hydrogen-bond acceptors (Lipinski definition) is 5. The first-order valence-corrected chi connectivity index (χ1v) is 9.54. The molecule has 27 heavy (non-hydrogen) atoms. The second-order valence-corrected chi connectivity index (χ2v) is 6.92. The molecule has 7 nitrogen and oxygen atoms in total. The molecule has 0 bridgehead atoms. The third-order valence-electron chi connectivity index (χ3n) is 4.38. The van der Waals surface area contributed by atoms with Gasteiger partial charge in [-0.25, -0.2) is 0 Å². The molecule has 1 heterocycles. The van der Waals surface area contributed by atoms with Crippen molar-refractivity contribution in [3.8, 4) is 5.75 Å². The number of halogens is 1. The summed E-state index contributed by atoms with van der Waals surface area (Å²) in [7, 11) is 0. The van der Waals surface area contributed by atoms with Crippen LogP contribution >= 0.6 is 11.6 Å². The van der Waals surface area contributed by atoms with Gasteiger partial charge in [-0.2, -0.15) is 0 Å². The molecule has 0 aliphatic carbocycles. The molecular weight excluding hydrogens is 372 g/mol. The van der Waals surface area contributed by atoms with Gasteiger partial charge in [-0.05, 0) is 25.1 Å². The number of benzene rings is 1. The Kier molecular flexibility index (Phi) is 8.34. The van der Waals surface area contributed by atoms with Crippen LogP contribution in [0.1, 0.15) is 37.0 Å². The molecule has 8 heteroatoms. The molecule has 1 aromatic rings. The van der Waals surface area contributed by atoms with E-state index in [0.717, 1.165) is 0 Å². The Morgan fingerprint density at radius 1 is 1.37 bits per heavy atom. The van der Waals surface area contributed by atoms with Gasteiger partial charge >= 0.3 is 0 Å². The molecule has 0 spiro atoms. The molecule has 0 aromatic heterocycles. The molecule has 1 aromatic carbocycles. The Bertz CT molecular complexity index is 647. The van der Waals surface area contributed by atoms with Gasteiger partial charge in [0.25, 0.3) is 5.91 Å². The number of aliphatic hydroxyl groups is 1. The maximum absolute atomic E-state index is 12.5. The second kappa shape index (κ2) is 10.5. The molecule has 2 amide bonds. The Morgan fingerprint density at radius 2 is 2.07 bits per heavy atom. The zero-order valence-corrected chi connectivity index (χ0v) is 16.5. The summed E-state index contributed by atoms with van der Waals surface area (Å²) in [5, 5.41) is 12.9. The topological polar surface area (TPSA) is 88.1 Å². The zero-order chi connectivity index (χ0) is 19.8. The van der Waals surface area contributed by atoms with Crippen molar-refractivity contribution in [2.45, 2.75) is 38.9 Å². The minimum atomic E-state index is -0.784. The van der Waals surface area contributed by atoms with E-state index in [1.807, 2.05) is 6.92 Å². The van der Waals surface area contributed by atoms with E-state index in [9.17, 15) is 14.7 Å². The molecule has 2 N–H and O–H groups in total. The number of likely N-dealkylation sites (tertiary alicyclic amines) is 1. The molecule has 2 rings (SSSR count). The van der Waals surface area contributed by atoms with Gasteiger partial charge in [0.1, 0.15) is 11.9 Å². The van der Waals surface area contributed by atoms with Gasteiger partial charge in [-0.1, -0.05) is 11.6 Å². The van der Waals surface area contributed by atoms with Crippen LogP contribution in [-0.2, 0) is 9.53 Å². The number of nitrogens with zero attached hydrogens (tertiary/aromatic N) is 1. The van der Waals surface area contributed by atoms with Crippen LogP contribution in [0, 0.1) is 0 Å². The first-order chi connectivity index (χ1) is 12.9. The fourth-order valence-electron chi connectivity index (χ4n) is 2.87. The highest BCUT2D eigenvalue weighted by Crippen LogP contribution is 2.26. The van der Waals surface area contributed by atoms with Crippen molar-refractivity contribution < 1.29 is 24.2 Å². The van der Waals surface area contributed by atoms with Gasteiger partial charge in [0.05, 0.1) is 18.3 Å². The van der Waals surface area contributed by atoms with Crippen molar-refractivity contribution in [3.63, 3.8) is 0 Å². The summed E-state index contributed by atoms with van der Waals surface area (Å²) >= 11 is 6.04. The predicted molar refractivity (Wildman–Crippen MR) is 102 cm³/mol. The van der Waals surface area contributed by atoms with E-state index in [4.69, 9.17) is 21.1 Å². The van der Waals surface area contributed by atoms with E-state index in [1.54, 1.807) is 30.0 Å². The first-order valence-electron chi connectivity index (χ1n) is 9.16. The maximum Gasteiger partial charge on any atom is 0.255 e. The molecule has 0 radical (unpaired) electrons. The van der Waals surface area contributed by atoms with Crippen LogP contribution in [0.25, 0.3) is 0 Å². The van der Waals surface area contributed by atoms with Crippen LogP contribution in [0.2, 0.25) is 5.02 Å². The lowest BCUT2D eigenvalue weighted by Crippen LogP contribution is -2.41. The number of amides is 2. The number of rotatable bonds is 8. The number of carbonyl (C=O) groups is 2. The highest BCUT2D eigenvalue weighted by Gasteiger charge is 2.24. The van der Waals surface area contributed by atoms with Crippen molar-refractivity contribution in [1.29, 1.82) is 0 Å². The summed E-state index contributed by atoms with van der Waals surface area (Å²) in [5.41, 5.74) is 0.320. The van der Waals surface area contributed by atoms with Gasteiger partial charge in [0.2, 0.25) is 5.91 Å². The van der Waals surface area contributed by atoms with Crippen LogP contribution in [0.15, 0.2) is 18.2 Å².